The molecule has 0 spiro atoms. The van der Waals surface area contributed by atoms with E-state index in [9.17, 15) is 0 Å². The summed E-state index contributed by atoms with van der Waals surface area (Å²) in [5, 5.41) is 0. The monoisotopic (exact) mass is 212 g/mol. The van der Waals surface area contributed by atoms with Crippen molar-refractivity contribution in [3.63, 3.8) is 0 Å². The molecule has 0 heterocycles. The molecule has 0 radical (unpaired) electrons. The van der Waals surface area contributed by atoms with Crippen molar-refractivity contribution in [2.24, 2.45) is 17.8 Å². The lowest BCUT2D eigenvalue weighted by Crippen LogP contribution is -2.20. The summed E-state index contributed by atoms with van der Waals surface area (Å²) >= 11 is 0. The van der Waals surface area contributed by atoms with Crippen molar-refractivity contribution in [3.8, 4) is 0 Å². The molecule has 0 nitrogen and oxygen atoms in total. The van der Waals surface area contributed by atoms with Crippen LogP contribution in [0.4, 0.5) is 0 Å². The molecule has 0 rings (SSSR count). The minimum absolute atomic E-state index is 0.873. The van der Waals surface area contributed by atoms with Gasteiger partial charge in [0.1, 0.15) is 0 Å². The summed E-state index contributed by atoms with van der Waals surface area (Å²) in [5.74, 6) is 2.83. The zero-order chi connectivity index (χ0) is 11.7. The molecular formula is C15H32. The van der Waals surface area contributed by atoms with Gasteiger partial charge >= 0.3 is 0 Å². The molecule has 0 aromatic heterocycles. The summed E-state index contributed by atoms with van der Waals surface area (Å²) in [5.41, 5.74) is 0. The van der Waals surface area contributed by atoms with E-state index >= 15 is 0 Å². The van der Waals surface area contributed by atoms with Gasteiger partial charge in [0.2, 0.25) is 0 Å². The molecule has 0 aromatic rings. The van der Waals surface area contributed by atoms with Gasteiger partial charge in [-0.15, -0.1) is 0 Å². The third-order valence-electron chi connectivity index (χ3n) is 3.79. The third-order valence-corrected chi connectivity index (χ3v) is 3.79. The Hall–Kier alpha value is 0. The molecule has 2 atom stereocenters. The summed E-state index contributed by atoms with van der Waals surface area (Å²) < 4.78 is 0. The zero-order valence-corrected chi connectivity index (χ0v) is 11.7. The average Bonchev–Trinajstić information content (AvgIpc) is 2.21. The molecule has 0 aromatic carbocycles. The van der Waals surface area contributed by atoms with Crippen LogP contribution in [-0.2, 0) is 0 Å². The van der Waals surface area contributed by atoms with Gasteiger partial charge in [0.15, 0.2) is 0 Å². The molecule has 0 aliphatic heterocycles. The molecule has 0 fully saturated rings. The van der Waals surface area contributed by atoms with Crippen LogP contribution in [0.1, 0.15) is 79.6 Å². The van der Waals surface area contributed by atoms with Crippen LogP contribution in [0.25, 0.3) is 0 Å². The van der Waals surface area contributed by atoms with Crippen molar-refractivity contribution in [1.29, 1.82) is 0 Å². The van der Waals surface area contributed by atoms with E-state index in [1.807, 2.05) is 0 Å². The van der Waals surface area contributed by atoms with Gasteiger partial charge in [0.25, 0.3) is 0 Å². The molecular weight excluding hydrogens is 180 g/mol. The molecule has 0 aliphatic rings. The summed E-state index contributed by atoms with van der Waals surface area (Å²) in [4.78, 5) is 0. The van der Waals surface area contributed by atoms with Gasteiger partial charge in [-0.05, 0) is 24.2 Å². The lowest BCUT2D eigenvalue weighted by molar-refractivity contribution is 0.212. The number of hydrogen-bond acceptors (Lipinski definition) is 0. The summed E-state index contributed by atoms with van der Waals surface area (Å²) in [6.45, 7) is 11.8. The minimum Gasteiger partial charge on any atom is -0.0654 e. The SMILES string of the molecule is CCCCCC(C(C)C)C(CC)CCC. The molecule has 2 unspecified atom stereocenters. The van der Waals surface area contributed by atoms with Gasteiger partial charge in [-0.3, -0.25) is 0 Å². The second-order valence-electron chi connectivity index (χ2n) is 5.36. The van der Waals surface area contributed by atoms with Crippen LogP contribution in [0, 0.1) is 17.8 Å². The van der Waals surface area contributed by atoms with Crippen LogP contribution < -0.4 is 0 Å². The van der Waals surface area contributed by atoms with Crippen LogP contribution in [0.5, 0.6) is 0 Å². The highest BCUT2D eigenvalue weighted by molar-refractivity contribution is 4.72. The van der Waals surface area contributed by atoms with Crippen molar-refractivity contribution in [3.05, 3.63) is 0 Å². The molecule has 92 valence electrons. The Morgan fingerprint density at radius 3 is 1.87 bits per heavy atom. The zero-order valence-electron chi connectivity index (χ0n) is 11.7. The van der Waals surface area contributed by atoms with E-state index in [4.69, 9.17) is 0 Å². The first kappa shape index (κ1) is 15.0. The van der Waals surface area contributed by atoms with E-state index in [2.05, 4.69) is 34.6 Å². The van der Waals surface area contributed by atoms with Crippen molar-refractivity contribution in [1.82, 2.24) is 0 Å². The third kappa shape index (κ3) is 6.22. The van der Waals surface area contributed by atoms with E-state index in [0.29, 0.717) is 0 Å². The predicted octanol–water partition coefficient (Wildman–Crippen LogP) is 5.67. The highest BCUT2D eigenvalue weighted by Crippen LogP contribution is 2.32. The molecule has 0 saturated carbocycles. The molecule has 0 N–H and O–H groups in total. The lowest BCUT2D eigenvalue weighted by atomic mass is 9.76. The fraction of sp³-hybridized carbons (Fsp3) is 1.00. The minimum atomic E-state index is 0.873. The average molecular weight is 212 g/mol. The highest BCUT2D eigenvalue weighted by Gasteiger charge is 2.21. The van der Waals surface area contributed by atoms with E-state index in [1.165, 1.54) is 44.9 Å². The van der Waals surface area contributed by atoms with E-state index in [0.717, 1.165) is 17.8 Å². The second-order valence-corrected chi connectivity index (χ2v) is 5.36. The Bertz CT molecular complexity index is 126. The van der Waals surface area contributed by atoms with Crippen LogP contribution >= 0.6 is 0 Å². The molecule has 15 heavy (non-hydrogen) atoms. The Morgan fingerprint density at radius 2 is 1.47 bits per heavy atom. The smallest absolute Gasteiger partial charge is 0.0363 e. The van der Waals surface area contributed by atoms with Crippen molar-refractivity contribution in [2.45, 2.75) is 79.6 Å². The van der Waals surface area contributed by atoms with Gasteiger partial charge in [-0.25, -0.2) is 0 Å². The standard InChI is InChI=1S/C15H32/c1-6-9-10-12-15(13(4)5)14(8-3)11-7-2/h13-15H,6-12H2,1-5H3. The highest BCUT2D eigenvalue weighted by atomic mass is 14.3. The first-order chi connectivity index (χ1) is 7.17. The van der Waals surface area contributed by atoms with Gasteiger partial charge in [-0.1, -0.05) is 73.1 Å². The summed E-state index contributed by atoms with van der Waals surface area (Å²) in [6, 6.07) is 0. The maximum absolute atomic E-state index is 2.41. The van der Waals surface area contributed by atoms with Crippen LogP contribution in [-0.4, -0.2) is 0 Å². The second kappa shape index (κ2) is 9.24. The van der Waals surface area contributed by atoms with Gasteiger partial charge in [0, 0.05) is 0 Å². The van der Waals surface area contributed by atoms with Gasteiger partial charge in [0.05, 0.1) is 0 Å². The van der Waals surface area contributed by atoms with Crippen LogP contribution in [0.2, 0.25) is 0 Å². The number of rotatable bonds is 9. The molecule has 0 saturated heterocycles. The molecule has 0 heteroatoms. The molecule has 0 amide bonds. The van der Waals surface area contributed by atoms with E-state index < -0.39 is 0 Å². The first-order valence-corrected chi connectivity index (χ1v) is 7.17. The molecule has 0 aliphatic carbocycles. The topological polar surface area (TPSA) is 0 Å². The lowest BCUT2D eigenvalue weighted by Gasteiger charge is -2.29. The largest absolute Gasteiger partial charge is 0.0654 e. The predicted molar refractivity (Wildman–Crippen MR) is 71.2 cm³/mol. The Labute approximate surface area is 97.8 Å². The first-order valence-electron chi connectivity index (χ1n) is 7.17. The normalized spacial score (nSPS) is 15.6. The fourth-order valence-corrected chi connectivity index (χ4v) is 2.84. The Morgan fingerprint density at radius 1 is 0.800 bits per heavy atom. The maximum atomic E-state index is 2.41. The van der Waals surface area contributed by atoms with Crippen molar-refractivity contribution in [2.75, 3.05) is 0 Å². The Kier molecular flexibility index (Phi) is 9.24. The van der Waals surface area contributed by atoms with Gasteiger partial charge in [-0.2, -0.15) is 0 Å². The van der Waals surface area contributed by atoms with Crippen LogP contribution in [0.3, 0.4) is 0 Å². The molecule has 0 bridgehead atoms. The van der Waals surface area contributed by atoms with Gasteiger partial charge < -0.3 is 0 Å². The number of unbranched alkanes of at least 4 members (excludes halogenated alkanes) is 2. The summed E-state index contributed by atoms with van der Waals surface area (Å²) in [6.07, 6.45) is 9.86. The van der Waals surface area contributed by atoms with Crippen molar-refractivity contribution < 1.29 is 0 Å². The summed E-state index contributed by atoms with van der Waals surface area (Å²) in [7, 11) is 0. The fourth-order valence-electron chi connectivity index (χ4n) is 2.84. The van der Waals surface area contributed by atoms with Crippen LogP contribution in [0.15, 0.2) is 0 Å². The van der Waals surface area contributed by atoms with E-state index in [-0.39, 0.29) is 0 Å². The van der Waals surface area contributed by atoms with Crippen molar-refractivity contribution >= 4 is 0 Å². The number of hydrogen-bond donors (Lipinski definition) is 0. The Balaban J connectivity index is 4.09. The van der Waals surface area contributed by atoms with E-state index in [1.54, 1.807) is 0 Å². The maximum Gasteiger partial charge on any atom is -0.0363 e. The quantitative estimate of drug-likeness (QED) is 0.432.